The van der Waals surface area contributed by atoms with Crippen molar-refractivity contribution >= 4 is 88.2 Å². The van der Waals surface area contributed by atoms with E-state index >= 15 is 0 Å². The zero-order valence-electron chi connectivity index (χ0n) is 15.2. The molecule has 0 atom stereocenters. The molecule has 6 rings (SSSR count). The average molecular weight is 450 g/mol. The maximum atomic E-state index is 6.50. The number of thiol groups is 2. The van der Waals surface area contributed by atoms with Crippen LogP contribution in [0.25, 0.3) is 47.7 Å². The quantitative estimate of drug-likeness (QED) is 0.183. The molecule has 0 unspecified atom stereocenters. The third-order valence-electron chi connectivity index (χ3n) is 5.27. The molecule has 29 heavy (non-hydrogen) atoms. The van der Waals surface area contributed by atoms with Crippen molar-refractivity contribution in [3.05, 3.63) is 90.0 Å². The first-order chi connectivity index (χ1) is 14.3. The number of rotatable bonds is 1. The van der Waals surface area contributed by atoms with Gasteiger partial charge in [-0.1, -0.05) is 66.2 Å². The molecule has 142 valence electrons. The second kappa shape index (κ2) is 7.62. The molecule has 2 heterocycles. The molecule has 0 aliphatic rings. The zero-order chi connectivity index (χ0) is 20.0. The van der Waals surface area contributed by atoms with Crippen molar-refractivity contribution in [2.24, 2.45) is 0 Å². The SMILES string of the molecule is Clc1cccc2c1sc1cccc(-n3c4ccccc4c4ccccc43)c12.SS. The predicted molar refractivity (Wildman–Crippen MR) is 137 cm³/mol. The van der Waals surface area contributed by atoms with E-state index in [-0.39, 0.29) is 0 Å². The Labute approximate surface area is 187 Å². The second-order valence-electron chi connectivity index (χ2n) is 6.74. The molecule has 0 N–H and O–H groups in total. The summed E-state index contributed by atoms with van der Waals surface area (Å²) in [4.78, 5) is 0. The second-order valence-corrected chi connectivity index (χ2v) is 8.20. The Balaban J connectivity index is 0.000000882. The highest BCUT2D eigenvalue weighted by Crippen LogP contribution is 2.42. The van der Waals surface area contributed by atoms with Gasteiger partial charge in [-0.2, -0.15) is 0 Å². The van der Waals surface area contributed by atoms with Crippen molar-refractivity contribution in [3.8, 4) is 5.69 Å². The number of aromatic nitrogens is 1. The topological polar surface area (TPSA) is 4.93 Å². The van der Waals surface area contributed by atoms with Gasteiger partial charge in [0.25, 0.3) is 0 Å². The van der Waals surface area contributed by atoms with Crippen LogP contribution in [0.5, 0.6) is 0 Å². The number of halogens is 1. The van der Waals surface area contributed by atoms with Gasteiger partial charge in [-0.05, 0) is 30.3 Å². The highest BCUT2D eigenvalue weighted by atomic mass is 35.5. The molecule has 0 saturated heterocycles. The summed E-state index contributed by atoms with van der Waals surface area (Å²) in [6.45, 7) is 0. The summed E-state index contributed by atoms with van der Waals surface area (Å²) >= 11 is 14.7. The van der Waals surface area contributed by atoms with Crippen molar-refractivity contribution in [1.29, 1.82) is 0 Å². The molecule has 0 saturated carbocycles. The summed E-state index contributed by atoms with van der Waals surface area (Å²) in [7, 11) is 0. The lowest BCUT2D eigenvalue weighted by atomic mass is 10.1. The Morgan fingerprint density at radius 2 is 1.24 bits per heavy atom. The summed E-state index contributed by atoms with van der Waals surface area (Å²) in [5, 5.41) is 5.87. The van der Waals surface area contributed by atoms with Crippen LogP contribution in [0.2, 0.25) is 5.02 Å². The molecule has 0 fully saturated rings. The molecular weight excluding hydrogens is 434 g/mol. The van der Waals surface area contributed by atoms with Gasteiger partial charge in [-0.25, -0.2) is 0 Å². The number of hydrogen-bond acceptors (Lipinski definition) is 3. The van der Waals surface area contributed by atoms with Gasteiger partial charge in [0.1, 0.15) is 0 Å². The first-order valence-corrected chi connectivity index (χ1v) is 11.9. The van der Waals surface area contributed by atoms with Crippen LogP contribution in [-0.2, 0) is 0 Å². The number of nitrogens with zero attached hydrogens (tertiary/aromatic N) is 1. The Morgan fingerprint density at radius 3 is 1.93 bits per heavy atom. The van der Waals surface area contributed by atoms with E-state index in [1.807, 2.05) is 12.1 Å². The van der Waals surface area contributed by atoms with Crippen LogP contribution in [0.1, 0.15) is 0 Å². The van der Waals surface area contributed by atoms with Crippen LogP contribution in [0, 0.1) is 0 Å². The summed E-state index contributed by atoms with van der Waals surface area (Å²) in [6.07, 6.45) is 0. The molecule has 0 radical (unpaired) electrons. The highest BCUT2D eigenvalue weighted by molar-refractivity contribution is 8.59. The maximum Gasteiger partial charge on any atom is 0.0584 e. The lowest BCUT2D eigenvalue weighted by molar-refractivity contribution is 1.20. The summed E-state index contributed by atoms with van der Waals surface area (Å²) in [5.74, 6) is 0. The Kier molecular flexibility index (Phi) is 4.96. The van der Waals surface area contributed by atoms with Crippen LogP contribution in [-0.4, -0.2) is 4.57 Å². The Hall–Kier alpha value is -2.11. The van der Waals surface area contributed by atoms with Gasteiger partial charge in [0, 0.05) is 26.2 Å². The van der Waals surface area contributed by atoms with Gasteiger partial charge in [0.05, 0.1) is 26.4 Å². The molecular formula is C24H16ClNS3. The van der Waals surface area contributed by atoms with Crippen LogP contribution >= 0.6 is 46.3 Å². The molecule has 4 aromatic carbocycles. The predicted octanol–water partition coefficient (Wildman–Crippen LogP) is 8.57. The molecule has 0 spiro atoms. The average Bonchev–Trinajstić information content (AvgIpc) is 3.32. The van der Waals surface area contributed by atoms with E-state index in [2.05, 4.69) is 101 Å². The minimum Gasteiger partial charge on any atom is -0.309 e. The van der Waals surface area contributed by atoms with Crippen LogP contribution in [0.3, 0.4) is 0 Å². The van der Waals surface area contributed by atoms with Crippen LogP contribution in [0.4, 0.5) is 0 Å². The standard InChI is InChI=1S/C24H14ClNS.H2S2/c25-18-10-5-9-17-23-21(13-6-14-22(23)27-24(17)18)26-19-11-3-1-7-15(19)16-8-2-4-12-20(16)26;1-2/h1-14H;1-2H. The maximum absolute atomic E-state index is 6.50. The molecule has 6 aromatic rings. The van der Waals surface area contributed by atoms with E-state index < -0.39 is 0 Å². The van der Waals surface area contributed by atoms with Gasteiger partial charge in [0.2, 0.25) is 0 Å². The fourth-order valence-electron chi connectivity index (χ4n) is 4.16. The van der Waals surface area contributed by atoms with E-state index in [4.69, 9.17) is 11.6 Å². The summed E-state index contributed by atoms with van der Waals surface area (Å²) < 4.78 is 4.81. The van der Waals surface area contributed by atoms with Crippen molar-refractivity contribution < 1.29 is 0 Å². The minimum absolute atomic E-state index is 0.821. The monoisotopic (exact) mass is 449 g/mol. The molecule has 5 heteroatoms. The van der Waals surface area contributed by atoms with Gasteiger partial charge in [0.15, 0.2) is 0 Å². The smallest absolute Gasteiger partial charge is 0.0584 e. The van der Waals surface area contributed by atoms with Gasteiger partial charge in [-0.3, -0.25) is 0 Å². The zero-order valence-corrected chi connectivity index (χ0v) is 18.6. The van der Waals surface area contributed by atoms with Crippen molar-refractivity contribution in [1.82, 2.24) is 4.57 Å². The first-order valence-electron chi connectivity index (χ1n) is 9.11. The van der Waals surface area contributed by atoms with Gasteiger partial charge < -0.3 is 4.57 Å². The third kappa shape index (κ3) is 2.86. The van der Waals surface area contributed by atoms with Gasteiger partial charge in [-0.15, -0.1) is 34.7 Å². The lowest BCUT2D eigenvalue weighted by Crippen LogP contribution is -1.94. The van der Waals surface area contributed by atoms with E-state index in [0.29, 0.717) is 0 Å². The minimum atomic E-state index is 0.821. The molecule has 0 aliphatic heterocycles. The number of hydrogen-bond donors (Lipinski definition) is 2. The third-order valence-corrected chi connectivity index (χ3v) is 6.90. The number of para-hydroxylation sites is 2. The normalized spacial score (nSPS) is 11.3. The highest BCUT2D eigenvalue weighted by Gasteiger charge is 2.16. The van der Waals surface area contributed by atoms with E-state index in [9.17, 15) is 0 Å². The van der Waals surface area contributed by atoms with Gasteiger partial charge >= 0.3 is 0 Å². The molecule has 0 amide bonds. The molecule has 1 nitrogen and oxygen atoms in total. The first kappa shape index (κ1) is 18.9. The number of fused-ring (bicyclic) bond motifs is 6. The summed E-state index contributed by atoms with van der Waals surface area (Å²) in [6, 6.07) is 30.0. The fraction of sp³-hybridized carbons (Fsp3) is 0. The van der Waals surface area contributed by atoms with Crippen molar-refractivity contribution in [2.75, 3.05) is 0 Å². The number of benzene rings is 4. The Morgan fingerprint density at radius 1 is 0.655 bits per heavy atom. The molecule has 0 bridgehead atoms. The van der Waals surface area contributed by atoms with Crippen LogP contribution < -0.4 is 0 Å². The van der Waals surface area contributed by atoms with Crippen molar-refractivity contribution in [2.45, 2.75) is 0 Å². The van der Waals surface area contributed by atoms with Crippen molar-refractivity contribution in [3.63, 3.8) is 0 Å². The molecule has 0 aliphatic carbocycles. The lowest BCUT2D eigenvalue weighted by Gasteiger charge is -2.10. The van der Waals surface area contributed by atoms with E-state index in [1.165, 1.54) is 43.0 Å². The summed E-state index contributed by atoms with van der Waals surface area (Å²) in [5.41, 5.74) is 3.67. The number of thiophene rings is 1. The van der Waals surface area contributed by atoms with E-state index in [1.54, 1.807) is 11.3 Å². The fourth-order valence-corrected chi connectivity index (χ4v) is 5.58. The molecule has 2 aromatic heterocycles. The largest absolute Gasteiger partial charge is 0.309 e. The van der Waals surface area contributed by atoms with Crippen LogP contribution in [0.15, 0.2) is 84.9 Å². The Bertz CT molecular complexity index is 1440. The van der Waals surface area contributed by atoms with E-state index in [0.717, 1.165) is 9.72 Å².